The summed E-state index contributed by atoms with van der Waals surface area (Å²) in [7, 11) is 0. The van der Waals surface area contributed by atoms with Crippen molar-refractivity contribution in [1.82, 2.24) is 9.78 Å². The number of aromatic nitrogens is 3. The molecule has 0 spiro atoms. The lowest BCUT2D eigenvalue weighted by molar-refractivity contribution is -0.739. The summed E-state index contributed by atoms with van der Waals surface area (Å²) < 4.78 is 10.1. The van der Waals surface area contributed by atoms with E-state index < -0.39 is 0 Å². The van der Waals surface area contributed by atoms with Crippen molar-refractivity contribution in [3.8, 4) is 5.69 Å². The summed E-state index contributed by atoms with van der Waals surface area (Å²) >= 11 is 0. The summed E-state index contributed by atoms with van der Waals surface area (Å²) in [5, 5.41) is 16.0. The predicted molar refractivity (Wildman–Crippen MR) is 101 cm³/mol. The zero-order valence-electron chi connectivity index (χ0n) is 16.0. The summed E-state index contributed by atoms with van der Waals surface area (Å²) in [5.74, 6) is 0.833. The Labute approximate surface area is 162 Å². The number of nitro benzene ring substituents is 1. The first-order valence-corrected chi connectivity index (χ1v) is 9.39. The van der Waals surface area contributed by atoms with Crippen LogP contribution < -0.4 is 4.57 Å². The molecule has 2 aromatic carbocycles. The molecule has 142 valence electrons. The second kappa shape index (κ2) is 5.97. The van der Waals surface area contributed by atoms with Gasteiger partial charge in [-0.1, -0.05) is 28.4 Å². The Morgan fingerprint density at radius 1 is 1.21 bits per heavy atom. The largest absolute Gasteiger partial charge is 0.363 e. The average Bonchev–Trinajstić information content (AvgIpc) is 3.20. The Morgan fingerprint density at radius 3 is 2.68 bits per heavy atom. The summed E-state index contributed by atoms with van der Waals surface area (Å²) in [5.41, 5.74) is 6.81. The molecule has 0 saturated heterocycles. The number of hydrogen-bond donors (Lipinski definition) is 0. The van der Waals surface area contributed by atoms with Gasteiger partial charge < -0.3 is 4.74 Å². The van der Waals surface area contributed by atoms with Gasteiger partial charge in [-0.05, 0) is 37.5 Å². The first-order valence-electron chi connectivity index (χ1n) is 9.39. The molecule has 5 rings (SSSR count). The number of rotatable bonds is 2. The lowest BCUT2D eigenvalue weighted by Gasteiger charge is -2.23. The molecule has 3 aromatic rings. The van der Waals surface area contributed by atoms with Crippen LogP contribution in [0.2, 0.25) is 0 Å². The van der Waals surface area contributed by atoms with Gasteiger partial charge in [-0.25, -0.2) is 4.57 Å². The maximum Gasteiger partial charge on any atom is 0.304 e. The summed E-state index contributed by atoms with van der Waals surface area (Å²) in [6, 6.07) is 9.34. The summed E-state index contributed by atoms with van der Waals surface area (Å²) in [4.78, 5) is 10.9. The molecule has 0 saturated carbocycles. The summed E-state index contributed by atoms with van der Waals surface area (Å²) in [6.07, 6.45) is 2.75. The van der Waals surface area contributed by atoms with Crippen molar-refractivity contribution in [3.63, 3.8) is 0 Å². The van der Waals surface area contributed by atoms with E-state index in [2.05, 4.69) is 37.5 Å². The summed E-state index contributed by atoms with van der Waals surface area (Å²) in [6.45, 7) is 6.71. The van der Waals surface area contributed by atoms with E-state index in [1.807, 2.05) is 17.1 Å². The van der Waals surface area contributed by atoms with E-state index in [-0.39, 0.29) is 22.8 Å². The molecule has 7 heteroatoms. The van der Waals surface area contributed by atoms with Crippen molar-refractivity contribution in [2.45, 2.75) is 45.9 Å². The number of non-ortho nitro benzene ring substituents is 1. The van der Waals surface area contributed by atoms with Gasteiger partial charge in [-0.2, -0.15) is 0 Å². The van der Waals surface area contributed by atoms with E-state index in [1.165, 1.54) is 5.56 Å². The number of nitro groups is 1. The van der Waals surface area contributed by atoms with Crippen LogP contribution >= 0.6 is 0 Å². The minimum Gasteiger partial charge on any atom is -0.363 e. The van der Waals surface area contributed by atoms with Gasteiger partial charge in [0, 0.05) is 29.2 Å². The molecule has 1 aromatic heterocycles. The van der Waals surface area contributed by atoms with E-state index >= 15 is 0 Å². The first kappa shape index (κ1) is 17.1. The minimum atomic E-state index is -0.342. The van der Waals surface area contributed by atoms with Crippen molar-refractivity contribution < 1.29 is 14.2 Å². The Morgan fingerprint density at radius 2 is 1.96 bits per heavy atom. The quantitative estimate of drug-likeness (QED) is 0.391. The van der Waals surface area contributed by atoms with Crippen LogP contribution in [-0.4, -0.2) is 20.8 Å². The first-order chi connectivity index (χ1) is 13.4. The Hall–Kier alpha value is -3.06. The molecule has 28 heavy (non-hydrogen) atoms. The van der Waals surface area contributed by atoms with Crippen LogP contribution in [0, 0.1) is 30.9 Å². The molecular formula is C21H21N4O3+. The van der Waals surface area contributed by atoms with Crippen molar-refractivity contribution in [1.29, 1.82) is 0 Å². The van der Waals surface area contributed by atoms with E-state index in [9.17, 15) is 10.1 Å². The highest BCUT2D eigenvalue weighted by Crippen LogP contribution is 2.37. The molecule has 1 aliphatic heterocycles. The van der Waals surface area contributed by atoms with Crippen LogP contribution in [0.15, 0.2) is 36.7 Å². The van der Waals surface area contributed by atoms with E-state index in [0.717, 1.165) is 40.2 Å². The highest BCUT2D eigenvalue weighted by molar-refractivity contribution is 5.48. The normalized spacial score (nSPS) is 19.8. The third-order valence-corrected chi connectivity index (χ3v) is 5.78. The molecule has 0 radical (unpaired) electrons. The SMILES string of the molecule is Cc1cc(C)c(-n2c[n+]3c(n2)CO[C@H]2Cc4ccc([N+](=O)[O-])cc4[C@H]23)c(C)c1. The second-order valence-corrected chi connectivity index (χ2v) is 7.77. The van der Waals surface area contributed by atoms with Gasteiger partial charge in [0.05, 0.1) is 4.92 Å². The molecule has 0 bridgehead atoms. The zero-order chi connectivity index (χ0) is 19.6. The molecule has 2 aliphatic rings. The van der Waals surface area contributed by atoms with Crippen LogP contribution in [-0.2, 0) is 17.8 Å². The topological polar surface area (TPSA) is 74.1 Å². The van der Waals surface area contributed by atoms with E-state index in [4.69, 9.17) is 9.84 Å². The Kier molecular flexibility index (Phi) is 3.64. The minimum absolute atomic E-state index is 0.0210. The van der Waals surface area contributed by atoms with E-state index in [1.54, 1.807) is 12.1 Å². The van der Waals surface area contributed by atoms with Gasteiger partial charge in [-0.3, -0.25) is 10.1 Å². The highest BCUT2D eigenvalue weighted by atomic mass is 16.6. The van der Waals surface area contributed by atoms with Gasteiger partial charge in [-0.15, -0.1) is 0 Å². The molecule has 0 fully saturated rings. The van der Waals surface area contributed by atoms with Crippen LogP contribution in [0.4, 0.5) is 5.69 Å². The highest BCUT2D eigenvalue weighted by Gasteiger charge is 2.44. The number of aryl methyl sites for hydroxylation is 3. The fraction of sp³-hybridized carbons (Fsp3) is 0.333. The maximum absolute atomic E-state index is 11.2. The fourth-order valence-electron chi connectivity index (χ4n) is 4.71. The van der Waals surface area contributed by atoms with Crippen molar-refractivity contribution in [3.05, 3.63) is 80.4 Å². The standard InChI is InChI=1S/C21H21N4O3/c1-12-6-13(2)20(14(3)7-12)24-11-23-19(22-24)10-28-18-8-15-4-5-16(25(26)27)9-17(15)21(18)23/h4-7,9,11,18,21H,8,10H2,1-3H3/q+1/t18-,21+/m0/s1. The molecule has 0 amide bonds. The number of ether oxygens (including phenoxy) is 1. The molecular weight excluding hydrogens is 356 g/mol. The monoisotopic (exact) mass is 377 g/mol. The van der Waals surface area contributed by atoms with Gasteiger partial charge >= 0.3 is 5.82 Å². The fourth-order valence-corrected chi connectivity index (χ4v) is 4.71. The van der Waals surface area contributed by atoms with Gasteiger partial charge in [0.25, 0.3) is 5.69 Å². The molecule has 2 atom stereocenters. The van der Waals surface area contributed by atoms with E-state index in [0.29, 0.717) is 6.61 Å². The van der Waals surface area contributed by atoms with Crippen LogP contribution in [0.1, 0.15) is 39.7 Å². The third kappa shape index (κ3) is 2.46. The molecule has 7 nitrogen and oxygen atoms in total. The van der Waals surface area contributed by atoms with Gasteiger partial charge in [0.15, 0.2) is 0 Å². The van der Waals surface area contributed by atoms with Crippen LogP contribution in [0.25, 0.3) is 5.69 Å². The third-order valence-electron chi connectivity index (χ3n) is 5.78. The number of nitrogens with zero attached hydrogens (tertiary/aromatic N) is 4. The van der Waals surface area contributed by atoms with Crippen molar-refractivity contribution in [2.24, 2.45) is 0 Å². The lowest BCUT2D eigenvalue weighted by atomic mass is 10.1. The Balaban J connectivity index is 1.64. The second-order valence-electron chi connectivity index (χ2n) is 7.77. The van der Waals surface area contributed by atoms with Crippen molar-refractivity contribution in [2.75, 3.05) is 0 Å². The van der Waals surface area contributed by atoms with Gasteiger partial charge in [0.2, 0.25) is 6.33 Å². The molecule has 1 aliphatic carbocycles. The zero-order valence-corrected chi connectivity index (χ0v) is 16.0. The molecule has 0 N–H and O–H groups in total. The predicted octanol–water partition coefficient (Wildman–Crippen LogP) is 3.04. The lowest BCUT2D eigenvalue weighted by Crippen LogP contribution is -2.51. The van der Waals surface area contributed by atoms with Crippen LogP contribution in [0.5, 0.6) is 0 Å². The van der Waals surface area contributed by atoms with Crippen LogP contribution in [0.3, 0.4) is 0 Å². The Bertz CT molecular complexity index is 1110. The number of benzene rings is 2. The van der Waals surface area contributed by atoms with Crippen molar-refractivity contribution >= 4 is 5.69 Å². The number of fused-ring (bicyclic) bond motifs is 5. The molecule has 2 heterocycles. The maximum atomic E-state index is 11.2. The van der Waals surface area contributed by atoms with Gasteiger partial charge in [0.1, 0.15) is 24.4 Å². The average molecular weight is 377 g/mol. The molecule has 0 unspecified atom stereocenters. The number of hydrogen-bond acceptors (Lipinski definition) is 4. The smallest absolute Gasteiger partial charge is 0.304 e.